The fourth-order valence-corrected chi connectivity index (χ4v) is 4.16. The van der Waals surface area contributed by atoms with E-state index >= 15 is 0 Å². The molecule has 0 fully saturated rings. The van der Waals surface area contributed by atoms with Crippen LogP contribution in [0.4, 0.5) is 4.39 Å². The van der Waals surface area contributed by atoms with Gasteiger partial charge in [-0.15, -0.1) is 0 Å². The molecular formula is C21H21FO3S. The standard InChI is InChI=1S/C21H21FO3S/c1-12-8-19-18(9-15(22)10-20(19)17(12)11-21(23)24)13(2)14-4-6-16(7-5-14)26(3)25/h4-7,9-10,13H,8,11H2,1-3H3,(H,23,24). The second-order valence-electron chi connectivity index (χ2n) is 6.77. The molecule has 5 heteroatoms. The van der Waals surface area contributed by atoms with Crippen molar-refractivity contribution in [1.82, 2.24) is 0 Å². The maximum absolute atomic E-state index is 14.3. The van der Waals surface area contributed by atoms with Gasteiger partial charge in [0.15, 0.2) is 4.90 Å². The molecule has 2 unspecified atom stereocenters. The molecule has 0 aromatic heterocycles. The number of allylic oxidation sites excluding steroid dienone is 1. The van der Waals surface area contributed by atoms with Gasteiger partial charge in [0.1, 0.15) is 12.1 Å². The molecule has 136 valence electrons. The first kappa shape index (κ1) is 18.7. The molecule has 0 bridgehead atoms. The van der Waals surface area contributed by atoms with Gasteiger partial charge in [-0.1, -0.05) is 24.6 Å². The zero-order chi connectivity index (χ0) is 19.0. The Bertz CT molecular complexity index is 885. The minimum absolute atomic E-state index is 0.0456. The van der Waals surface area contributed by atoms with Gasteiger partial charge in [-0.25, -0.2) is 4.39 Å². The lowest BCUT2D eigenvalue weighted by molar-refractivity contribution is -0.135. The fourth-order valence-electron chi connectivity index (χ4n) is 3.64. The van der Waals surface area contributed by atoms with Crippen LogP contribution >= 0.6 is 0 Å². The minimum atomic E-state index is -1.04. The number of benzene rings is 2. The van der Waals surface area contributed by atoms with Crippen LogP contribution in [-0.4, -0.2) is 21.9 Å². The van der Waals surface area contributed by atoms with Gasteiger partial charge in [0.05, 0.1) is 6.42 Å². The number of fused-ring (bicyclic) bond motifs is 1. The summed E-state index contributed by atoms with van der Waals surface area (Å²) in [6, 6.07) is 10.5. The highest BCUT2D eigenvalue weighted by Crippen LogP contribution is 2.41. The minimum Gasteiger partial charge on any atom is -0.612 e. The molecular weight excluding hydrogens is 351 g/mol. The van der Waals surface area contributed by atoms with Crippen LogP contribution in [0.5, 0.6) is 0 Å². The zero-order valence-corrected chi connectivity index (χ0v) is 15.8. The highest BCUT2D eigenvalue weighted by Gasteiger charge is 2.26. The van der Waals surface area contributed by atoms with E-state index in [1.165, 1.54) is 6.07 Å². The summed E-state index contributed by atoms with van der Waals surface area (Å²) < 4.78 is 25.9. The number of rotatable bonds is 5. The summed E-state index contributed by atoms with van der Waals surface area (Å²) in [6.07, 6.45) is 2.19. The third-order valence-electron chi connectivity index (χ3n) is 5.04. The Hall–Kier alpha value is -2.11. The lowest BCUT2D eigenvalue weighted by atomic mass is 9.87. The molecule has 0 amide bonds. The second-order valence-corrected chi connectivity index (χ2v) is 8.15. The summed E-state index contributed by atoms with van der Waals surface area (Å²) in [5, 5.41) is 9.16. The summed E-state index contributed by atoms with van der Waals surface area (Å²) in [4.78, 5) is 11.9. The number of hydrogen-bond donors (Lipinski definition) is 1. The average Bonchev–Trinajstić information content (AvgIpc) is 2.89. The summed E-state index contributed by atoms with van der Waals surface area (Å²) in [7, 11) is 0. The number of carboxylic acids is 1. The van der Waals surface area contributed by atoms with Gasteiger partial charge in [-0.3, -0.25) is 4.79 Å². The monoisotopic (exact) mass is 372 g/mol. The van der Waals surface area contributed by atoms with Crippen molar-refractivity contribution < 1.29 is 18.8 Å². The van der Waals surface area contributed by atoms with E-state index in [0.717, 1.165) is 38.3 Å². The molecule has 0 heterocycles. The molecule has 2 atom stereocenters. The van der Waals surface area contributed by atoms with Crippen LogP contribution in [0.25, 0.3) is 5.57 Å². The van der Waals surface area contributed by atoms with Crippen LogP contribution < -0.4 is 0 Å². The van der Waals surface area contributed by atoms with Crippen LogP contribution in [0.2, 0.25) is 0 Å². The predicted octanol–water partition coefficient (Wildman–Crippen LogP) is 4.52. The zero-order valence-electron chi connectivity index (χ0n) is 15.0. The molecule has 3 rings (SSSR count). The van der Waals surface area contributed by atoms with E-state index in [4.69, 9.17) is 5.11 Å². The Labute approximate surface area is 155 Å². The normalized spacial score (nSPS) is 15.7. The second kappa shape index (κ2) is 7.25. The van der Waals surface area contributed by atoms with E-state index < -0.39 is 17.1 Å². The van der Waals surface area contributed by atoms with Gasteiger partial charge in [0, 0.05) is 5.92 Å². The summed E-state index contributed by atoms with van der Waals surface area (Å²) in [6.45, 7) is 3.92. The van der Waals surface area contributed by atoms with Crippen molar-refractivity contribution >= 4 is 22.7 Å². The Balaban J connectivity index is 2.01. The third-order valence-corrected chi connectivity index (χ3v) is 5.97. The van der Waals surface area contributed by atoms with Crippen molar-refractivity contribution in [3.05, 3.63) is 70.0 Å². The number of carbonyl (C=O) groups is 1. The van der Waals surface area contributed by atoms with Crippen LogP contribution in [0.3, 0.4) is 0 Å². The van der Waals surface area contributed by atoms with Gasteiger partial charge >= 0.3 is 5.97 Å². The Kier molecular flexibility index (Phi) is 5.21. The Morgan fingerprint density at radius 1 is 1.31 bits per heavy atom. The van der Waals surface area contributed by atoms with Crippen molar-refractivity contribution in [3.63, 3.8) is 0 Å². The predicted molar refractivity (Wildman–Crippen MR) is 101 cm³/mol. The fraction of sp³-hybridized carbons (Fsp3) is 0.286. The topological polar surface area (TPSA) is 60.4 Å². The van der Waals surface area contributed by atoms with E-state index in [2.05, 4.69) is 0 Å². The van der Waals surface area contributed by atoms with Gasteiger partial charge in [0.2, 0.25) is 0 Å². The van der Waals surface area contributed by atoms with E-state index in [1.54, 1.807) is 12.3 Å². The molecule has 0 saturated carbocycles. The summed E-state index contributed by atoms with van der Waals surface area (Å²) >= 11 is -1.04. The van der Waals surface area contributed by atoms with E-state index in [-0.39, 0.29) is 18.2 Å². The maximum Gasteiger partial charge on any atom is 0.307 e. The van der Waals surface area contributed by atoms with Gasteiger partial charge in [0.25, 0.3) is 0 Å². The molecule has 3 nitrogen and oxygen atoms in total. The smallest absolute Gasteiger partial charge is 0.307 e. The molecule has 1 N–H and O–H groups in total. The largest absolute Gasteiger partial charge is 0.612 e. The van der Waals surface area contributed by atoms with Gasteiger partial charge in [-0.2, -0.15) is 0 Å². The first-order chi connectivity index (χ1) is 12.3. The number of halogens is 1. The first-order valence-corrected chi connectivity index (χ1v) is 10.00. The molecule has 0 aliphatic heterocycles. The van der Waals surface area contributed by atoms with E-state index in [9.17, 15) is 13.7 Å². The Morgan fingerprint density at radius 3 is 2.54 bits per heavy atom. The van der Waals surface area contributed by atoms with Crippen molar-refractivity contribution in [2.45, 2.75) is 37.5 Å². The number of aliphatic carboxylic acids is 1. The highest BCUT2D eigenvalue weighted by molar-refractivity contribution is 7.90. The van der Waals surface area contributed by atoms with Crippen LogP contribution in [-0.2, 0) is 22.4 Å². The van der Waals surface area contributed by atoms with Crippen LogP contribution in [0.1, 0.15) is 48.4 Å². The van der Waals surface area contributed by atoms with E-state index in [0.29, 0.717) is 6.42 Å². The first-order valence-electron chi connectivity index (χ1n) is 8.44. The molecule has 1 aliphatic carbocycles. The Morgan fingerprint density at radius 2 is 1.96 bits per heavy atom. The van der Waals surface area contributed by atoms with Crippen molar-refractivity contribution in [2.24, 2.45) is 0 Å². The third kappa shape index (κ3) is 3.55. The van der Waals surface area contributed by atoms with E-state index in [1.807, 2.05) is 38.1 Å². The van der Waals surface area contributed by atoms with Crippen LogP contribution in [0.15, 0.2) is 46.9 Å². The highest BCUT2D eigenvalue weighted by atomic mass is 32.2. The van der Waals surface area contributed by atoms with Crippen molar-refractivity contribution in [1.29, 1.82) is 0 Å². The van der Waals surface area contributed by atoms with Crippen molar-refractivity contribution in [3.8, 4) is 0 Å². The lowest BCUT2D eigenvalue weighted by Gasteiger charge is -2.18. The molecule has 2 aromatic carbocycles. The van der Waals surface area contributed by atoms with Crippen LogP contribution in [0, 0.1) is 5.82 Å². The van der Waals surface area contributed by atoms with Gasteiger partial charge < -0.3 is 9.66 Å². The molecule has 26 heavy (non-hydrogen) atoms. The van der Waals surface area contributed by atoms with Gasteiger partial charge in [-0.05, 0) is 76.6 Å². The molecule has 2 aromatic rings. The quantitative estimate of drug-likeness (QED) is 0.785. The lowest BCUT2D eigenvalue weighted by Crippen LogP contribution is -2.04. The maximum atomic E-state index is 14.3. The average molecular weight is 372 g/mol. The van der Waals surface area contributed by atoms with Crippen molar-refractivity contribution in [2.75, 3.05) is 6.26 Å². The number of hydrogen-bond acceptors (Lipinski definition) is 2. The summed E-state index contributed by atoms with van der Waals surface area (Å²) in [5.74, 6) is -1.31. The number of carboxylic acid groups (broad SMARTS) is 1. The molecule has 0 radical (unpaired) electrons. The molecule has 0 spiro atoms. The molecule has 1 aliphatic rings. The molecule has 0 saturated heterocycles. The summed E-state index contributed by atoms with van der Waals surface area (Å²) in [5.41, 5.74) is 5.32. The SMILES string of the molecule is CC1=C(CC(=O)O)c2cc(F)cc(C(C)c3ccc([S+](C)[O-])cc3)c2C1.